The Balaban J connectivity index is 0.00000144. The SMILES string of the molecule is CC(C)(C)c1nc(C(=O)[O-])no1.[Na+]. The Morgan fingerprint density at radius 3 is 2.23 bits per heavy atom. The normalized spacial score (nSPS) is 10.7. The van der Waals surface area contributed by atoms with Crippen LogP contribution in [0.1, 0.15) is 37.3 Å². The molecule has 0 aliphatic rings. The summed E-state index contributed by atoms with van der Waals surface area (Å²) in [5.74, 6) is -1.53. The van der Waals surface area contributed by atoms with Crippen LogP contribution >= 0.6 is 0 Å². The average Bonchev–Trinajstić information content (AvgIpc) is 2.30. The number of aromatic carboxylic acids is 1. The van der Waals surface area contributed by atoms with Crippen LogP contribution in [0.2, 0.25) is 0 Å². The van der Waals surface area contributed by atoms with E-state index < -0.39 is 11.8 Å². The zero-order valence-corrected chi connectivity index (χ0v) is 10.1. The van der Waals surface area contributed by atoms with E-state index in [0.717, 1.165) is 0 Å². The second kappa shape index (κ2) is 4.21. The van der Waals surface area contributed by atoms with Crippen molar-refractivity contribution in [3.05, 3.63) is 11.7 Å². The molecule has 0 aliphatic heterocycles. The topological polar surface area (TPSA) is 79.0 Å². The predicted molar refractivity (Wildman–Crippen MR) is 37.3 cm³/mol. The van der Waals surface area contributed by atoms with Gasteiger partial charge in [0.05, 0.1) is 0 Å². The molecule has 1 aromatic rings. The molecule has 0 N–H and O–H groups in total. The molecule has 0 saturated heterocycles. The molecule has 1 aromatic heterocycles. The third-order valence-electron chi connectivity index (χ3n) is 1.25. The van der Waals surface area contributed by atoms with E-state index in [1.54, 1.807) is 0 Å². The second-order valence-corrected chi connectivity index (χ2v) is 3.46. The molecular weight excluding hydrogens is 183 g/mol. The molecule has 6 heteroatoms. The molecule has 0 unspecified atom stereocenters. The number of hydrogen-bond acceptors (Lipinski definition) is 5. The first-order chi connectivity index (χ1) is 5.41. The van der Waals surface area contributed by atoms with E-state index in [1.807, 2.05) is 20.8 Å². The van der Waals surface area contributed by atoms with Gasteiger partial charge in [-0.2, -0.15) is 4.98 Å². The van der Waals surface area contributed by atoms with Crippen molar-refractivity contribution >= 4 is 5.97 Å². The van der Waals surface area contributed by atoms with Crippen molar-refractivity contribution in [2.24, 2.45) is 0 Å². The van der Waals surface area contributed by atoms with Gasteiger partial charge in [-0.25, -0.2) is 0 Å². The van der Waals surface area contributed by atoms with Gasteiger partial charge in [-0.3, -0.25) is 0 Å². The van der Waals surface area contributed by atoms with Crippen LogP contribution in [0, 0.1) is 0 Å². The molecule has 0 aliphatic carbocycles. The van der Waals surface area contributed by atoms with Crippen molar-refractivity contribution in [2.75, 3.05) is 0 Å². The first-order valence-electron chi connectivity index (χ1n) is 3.47. The number of carboxylic acids is 1. The molecule has 5 nitrogen and oxygen atoms in total. The molecular formula is C7H9N2NaO3. The van der Waals surface area contributed by atoms with Crippen LogP contribution in [0.25, 0.3) is 0 Å². The number of carbonyl (C=O) groups excluding carboxylic acids is 1. The fourth-order valence-electron chi connectivity index (χ4n) is 0.611. The van der Waals surface area contributed by atoms with E-state index in [1.165, 1.54) is 0 Å². The number of hydrogen-bond donors (Lipinski definition) is 0. The summed E-state index contributed by atoms with van der Waals surface area (Å²) < 4.78 is 4.71. The molecule has 66 valence electrons. The molecule has 0 saturated carbocycles. The fraction of sp³-hybridized carbons (Fsp3) is 0.571. The summed E-state index contributed by atoms with van der Waals surface area (Å²) in [4.78, 5) is 13.9. The van der Waals surface area contributed by atoms with E-state index in [-0.39, 0.29) is 35.0 Å². The van der Waals surface area contributed by atoms with Crippen molar-refractivity contribution in [1.29, 1.82) is 0 Å². The van der Waals surface area contributed by atoms with Crippen LogP contribution in [0.4, 0.5) is 0 Å². The third kappa shape index (κ3) is 3.10. The van der Waals surface area contributed by atoms with Crippen LogP contribution < -0.4 is 34.7 Å². The first kappa shape index (κ1) is 12.6. The number of carboxylic acid groups (broad SMARTS) is 1. The van der Waals surface area contributed by atoms with Crippen LogP contribution in [0.15, 0.2) is 4.52 Å². The van der Waals surface area contributed by atoms with Gasteiger partial charge in [0, 0.05) is 5.41 Å². The Kier molecular flexibility index (Phi) is 4.09. The molecule has 13 heavy (non-hydrogen) atoms. The molecule has 1 heterocycles. The van der Waals surface area contributed by atoms with Crippen molar-refractivity contribution in [1.82, 2.24) is 10.1 Å². The van der Waals surface area contributed by atoms with Gasteiger partial charge in [-0.05, 0) is 0 Å². The number of aromatic nitrogens is 2. The summed E-state index contributed by atoms with van der Waals surface area (Å²) >= 11 is 0. The smallest absolute Gasteiger partial charge is 0.541 e. The van der Waals surface area contributed by atoms with Gasteiger partial charge in [0.25, 0.3) is 0 Å². The maximum absolute atomic E-state index is 10.2. The minimum Gasteiger partial charge on any atom is -0.541 e. The molecule has 0 bridgehead atoms. The first-order valence-corrected chi connectivity index (χ1v) is 3.47. The predicted octanol–water partition coefficient (Wildman–Crippen LogP) is -3.27. The molecule has 1 rings (SSSR count). The van der Waals surface area contributed by atoms with Gasteiger partial charge in [0.15, 0.2) is 0 Å². The fourth-order valence-corrected chi connectivity index (χ4v) is 0.611. The monoisotopic (exact) mass is 192 g/mol. The second-order valence-electron chi connectivity index (χ2n) is 3.46. The molecule has 0 spiro atoms. The zero-order valence-electron chi connectivity index (χ0n) is 8.12. The summed E-state index contributed by atoms with van der Waals surface area (Å²) in [6.45, 7) is 5.54. The van der Waals surface area contributed by atoms with Crippen molar-refractivity contribution < 1.29 is 44.0 Å². The maximum Gasteiger partial charge on any atom is 1.00 e. The molecule has 0 fully saturated rings. The minimum atomic E-state index is -1.42. The van der Waals surface area contributed by atoms with E-state index in [0.29, 0.717) is 5.89 Å². The van der Waals surface area contributed by atoms with Crippen molar-refractivity contribution in [3.63, 3.8) is 0 Å². The quantitative estimate of drug-likeness (QED) is 0.436. The standard InChI is InChI=1S/C7H10N2O3.Na/c1-7(2,3)6-8-4(5(10)11)9-12-6;/h1-3H3,(H,10,11);/q;+1/p-1. The van der Waals surface area contributed by atoms with Crippen molar-refractivity contribution in [2.45, 2.75) is 26.2 Å². The zero-order chi connectivity index (χ0) is 9.35. The van der Waals surface area contributed by atoms with Crippen LogP contribution in [0.5, 0.6) is 0 Å². The van der Waals surface area contributed by atoms with Gasteiger partial charge in [-0.1, -0.05) is 25.9 Å². The maximum atomic E-state index is 10.2. The van der Waals surface area contributed by atoms with Crippen LogP contribution in [0.3, 0.4) is 0 Å². The molecule has 0 radical (unpaired) electrons. The van der Waals surface area contributed by atoms with Gasteiger partial charge < -0.3 is 14.4 Å². The summed E-state index contributed by atoms with van der Waals surface area (Å²) in [5, 5.41) is 13.5. The molecule has 0 atom stereocenters. The summed E-state index contributed by atoms with van der Waals surface area (Å²) in [7, 11) is 0. The van der Waals surface area contributed by atoms with E-state index in [9.17, 15) is 9.90 Å². The van der Waals surface area contributed by atoms with Gasteiger partial charge >= 0.3 is 29.6 Å². The minimum absolute atomic E-state index is 0. The van der Waals surface area contributed by atoms with Gasteiger partial charge in [0.1, 0.15) is 5.97 Å². The Labute approximate surface area is 97.8 Å². The largest absolute Gasteiger partial charge is 1.00 e. The average molecular weight is 192 g/mol. The van der Waals surface area contributed by atoms with Crippen molar-refractivity contribution in [3.8, 4) is 0 Å². The van der Waals surface area contributed by atoms with E-state index in [2.05, 4.69) is 10.1 Å². The van der Waals surface area contributed by atoms with Crippen LogP contribution in [-0.2, 0) is 5.41 Å². The van der Waals surface area contributed by atoms with Crippen LogP contribution in [-0.4, -0.2) is 16.1 Å². The third-order valence-corrected chi connectivity index (χ3v) is 1.25. The Morgan fingerprint density at radius 1 is 1.46 bits per heavy atom. The molecule has 0 aromatic carbocycles. The number of nitrogens with zero attached hydrogens (tertiary/aromatic N) is 2. The summed E-state index contributed by atoms with van der Waals surface area (Å²) in [6, 6.07) is 0. The Bertz CT molecular complexity index is 303. The van der Waals surface area contributed by atoms with E-state index in [4.69, 9.17) is 4.52 Å². The van der Waals surface area contributed by atoms with Gasteiger partial charge in [-0.15, -0.1) is 0 Å². The number of carbonyl (C=O) groups is 1. The molecule has 0 amide bonds. The Hall–Kier alpha value is -0.390. The van der Waals surface area contributed by atoms with Gasteiger partial charge in [0.2, 0.25) is 11.7 Å². The summed E-state index contributed by atoms with van der Waals surface area (Å²) in [5.41, 5.74) is -0.333. The Morgan fingerprint density at radius 2 is 2.00 bits per heavy atom. The van der Waals surface area contributed by atoms with E-state index >= 15 is 0 Å². The number of rotatable bonds is 1. The summed E-state index contributed by atoms with van der Waals surface area (Å²) in [6.07, 6.45) is 0.